The molecule has 0 saturated heterocycles. The predicted molar refractivity (Wildman–Crippen MR) is 67.7 cm³/mol. The van der Waals surface area contributed by atoms with Crippen molar-refractivity contribution in [1.82, 2.24) is 5.32 Å². The molecule has 16 heavy (non-hydrogen) atoms. The molecule has 0 aliphatic heterocycles. The predicted octanol–water partition coefficient (Wildman–Crippen LogP) is 3.62. The molecule has 1 N–H and O–H groups in total. The Bertz CT molecular complexity index is 394. The normalized spacial score (nSPS) is 14.9. The topological polar surface area (TPSA) is 25.2 Å². The van der Waals surface area contributed by atoms with Gasteiger partial charge in [-0.3, -0.25) is 0 Å². The Morgan fingerprint density at radius 2 is 2.19 bits per heavy atom. The van der Waals surface area contributed by atoms with E-state index in [-0.39, 0.29) is 0 Å². The van der Waals surface area contributed by atoms with Gasteiger partial charge in [0.05, 0.1) is 6.26 Å². The summed E-state index contributed by atoms with van der Waals surface area (Å²) in [7, 11) is 0. The molecule has 1 unspecified atom stereocenters. The zero-order chi connectivity index (χ0) is 11.4. The summed E-state index contributed by atoms with van der Waals surface area (Å²) in [5.41, 5.74) is 0. The molecule has 86 valence electrons. The smallest absolute Gasteiger partial charge is 0.105 e. The van der Waals surface area contributed by atoms with E-state index in [9.17, 15) is 0 Å². The maximum absolute atomic E-state index is 5.34. The van der Waals surface area contributed by atoms with Crippen molar-refractivity contribution in [2.75, 3.05) is 0 Å². The van der Waals surface area contributed by atoms with Crippen LogP contribution >= 0.6 is 11.3 Å². The molecule has 2 heterocycles. The Morgan fingerprint density at radius 1 is 1.31 bits per heavy atom. The molecule has 0 radical (unpaired) electrons. The van der Waals surface area contributed by atoms with E-state index in [1.807, 2.05) is 12.1 Å². The molecule has 3 heteroatoms. The monoisotopic (exact) mass is 235 g/mol. The summed E-state index contributed by atoms with van der Waals surface area (Å²) in [5, 5.41) is 5.69. The summed E-state index contributed by atoms with van der Waals surface area (Å²) in [5.74, 6) is 1.04. The van der Waals surface area contributed by atoms with Crippen LogP contribution < -0.4 is 5.32 Å². The molecule has 0 spiro atoms. The first-order valence-electron chi connectivity index (χ1n) is 5.57. The molecular weight excluding hydrogens is 218 g/mol. The Balaban J connectivity index is 1.85. The molecule has 2 atom stereocenters. The molecule has 0 aliphatic carbocycles. The lowest BCUT2D eigenvalue weighted by molar-refractivity contribution is 0.431. The minimum atomic E-state index is 0.407. The molecule has 2 aromatic rings. The molecule has 2 rings (SSSR count). The minimum absolute atomic E-state index is 0.407. The van der Waals surface area contributed by atoms with Crippen LogP contribution in [0.3, 0.4) is 0 Å². The fourth-order valence-electron chi connectivity index (χ4n) is 1.84. The molecule has 0 fully saturated rings. The minimum Gasteiger partial charge on any atom is -0.469 e. The van der Waals surface area contributed by atoms with Crippen molar-refractivity contribution in [2.45, 2.75) is 32.4 Å². The number of hydrogen-bond donors (Lipinski definition) is 1. The summed E-state index contributed by atoms with van der Waals surface area (Å²) in [4.78, 5) is 1.38. The SMILES string of the molecule is CC(Cc1ccco1)N[C@H](C)c1cccs1. The quantitative estimate of drug-likeness (QED) is 0.856. The largest absolute Gasteiger partial charge is 0.469 e. The average molecular weight is 235 g/mol. The Morgan fingerprint density at radius 3 is 2.81 bits per heavy atom. The second-order valence-corrected chi connectivity index (χ2v) is 5.07. The van der Waals surface area contributed by atoms with E-state index >= 15 is 0 Å². The molecule has 2 nitrogen and oxygen atoms in total. The highest BCUT2D eigenvalue weighted by molar-refractivity contribution is 7.10. The third-order valence-electron chi connectivity index (χ3n) is 2.59. The molecule has 0 aromatic carbocycles. The van der Waals surface area contributed by atoms with Gasteiger partial charge in [-0.2, -0.15) is 0 Å². The van der Waals surface area contributed by atoms with Gasteiger partial charge in [-0.25, -0.2) is 0 Å². The number of nitrogens with one attached hydrogen (secondary N) is 1. The van der Waals surface area contributed by atoms with Gasteiger partial charge in [-0.15, -0.1) is 11.3 Å². The van der Waals surface area contributed by atoms with Crippen molar-refractivity contribution < 1.29 is 4.42 Å². The van der Waals surface area contributed by atoms with Crippen LogP contribution in [0.4, 0.5) is 0 Å². The van der Waals surface area contributed by atoms with Gasteiger partial charge >= 0.3 is 0 Å². The van der Waals surface area contributed by atoms with E-state index in [0.29, 0.717) is 12.1 Å². The lowest BCUT2D eigenvalue weighted by Crippen LogP contribution is -2.30. The summed E-state index contributed by atoms with van der Waals surface area (Å²) in [6, 6.07) is 9.05. The average Bonchev–Trinajstić information content (AvgIpc) is 2.88. The van der Waals surface area contributed by atoms with Gasteiger partial charge in [0.25, 0.3) is 0 Å². The molecule has 0 bridgehead atoms. The zero-order valence-corrected chi connectivity index (χ0v) is 10.5. The van der Waals surface area contributed by atoms with Crippen molar-refractivity contribution in [3.8, 4) is 0 Å². The van der Waals surface area contributed by atoms with E-state index < -0.39 is 0 Å². The van der Waals surface area contributed by atoms with Crippen LogP contribution in [0.5, 0.6) is 0 Å². The highest BCUT2D eigenvalue weighted by Gasteiger charge is 2.11. The Kier molecular flexibility index (Phi) is 3.80. The van der Waals surface area contributed by atoms with Crippen molar-refractivity contribution in [2.24, 2.45) is 0 Å². The van der Waals surface area contributed by atoms with Gasteiger partial charge in [0.2, 0.25) is 0 Å². The Labute approximate surface area is 100 Å². The first kappa shape index (κ1) is 11.4. The Hall–Kier alpha value is -1.06. The summed E-state index contributed by atoms with van der Waals surface area (Å²) in [6.07, 6.45) is 2.66. The number of furan rings is 1. The van der Waals surface area contributed by atoms with Crippen LogP contribution in [-0.4, -0.2) is 6.04 Å². The van der Waals surface area contributed by atoms with Crippen LogP contribution in [0.2, 0.25) is 0 Å². The van der Waals surface area contributed by atoms with Gasteiger partial charge < -0.3 is 9.73 Å². The van der Waals surface area contributed by atoms with Crippen molar-refractivity contribution >= 4 is 11.3 Å². The molecule has 0 amide bonds. The van der Waals surface area contributed by atoms with Gasteiger partial charge in [-0.1, -0.05) is 6.07 Å². The summed E-state index contributed by atoms with van der Waals surface area (Å²) in [6.45, 7) is 4.39. The fourth-order valence-corrected chi connectivity index (χ4v) is 2.58. The van der Waals surface area contributed by atoms with E-state index in [1.54, 1.807) is 17.6 Å². The highest BCUT2D eigenvalue weighted by atomic mass is 32.1. The molecule has 0 aliphatic rings. The van der Waals surface area contributed by atoms with E-state index in [1.165, 1.54) is 4.88 Å². The van der Waals surface area contributed by atoms with E-state index in [4.69, 9.17) is 4.42 Å². The maximum atomic E-state index is 5.34. The van der Waals surface area contributed by atoms with Gasteiger partial charge in [0, 0.05) is 23.4 Å². The van der Waals surface area contributed by atoms with Crippen molar-refractivity contribution in [3.63, 3.8) is 0 Å². The van der Waals surface area contributed by atoms with Crippen LogP contribution in [-0.2, 0) is 6.42 Å². The highest BCUT2D eigenvalue weighted by Crippen LogP contribution is 2.19. The second kappa shape index (κ2) is 5.32. The zero-order valence-electron chi connectivity index (χ0n) is 9.64. The van der Waals surface area contributed by atoms with Gasteiger partial charge in [-0.05, 0) is 37.4 Å². The molecule has 2 aromatic heterocycles. The van der Waals surface area contributed by atoms with Crippen molar-refractivity contribution in [3.05, 3.63) is 46.5 Å². The third-order valence-corrected chi connectivity index (χ3v) is 3.65. The maximum Gasteiger partial charge on any atom is 0.105 e. The summed E-state index contributed by atoms with van der Waals surface area (Å²) < 4.78 is 5.34. The standard InChI is InChI=1S/C13H17NOS/c1-10(9-12-5-3-7-15-12)14-11(2)13-6-4-8-16-13/h3-8,10-11,14H,9H2,1-2H3/t10?,11-/m1/s1. The van der Waals surface area contributed by atoms with Gasteiger partial charge in [0.1, 0.15) is 5.76 Å². The van der Waals surface area contributed by atoms with Crippen LogP contribution in [0.15, 0.2) is 40.3 Å². The van der Waals surface area contributed by atoms with E-state index in [2.05, 4.69) is 36.7 Å². The van der Waals surface area contributed by atoms with Crippen molar-refractivity contribution in [1.29, 1.82) is 0 Å². The van der Waals surface area contributed by atoms with Crippen LogP contribution in [0.1, 0.15) is 30.5 Å². The lowest BCUT2D eigenvalue weighted by atomic mass is 10.1. The first-order valence-corrected chi connectivity index (χ1v) is 6.45. The van der Waals surface area contributed by atoms with E-state index in [0.717, 1.165) is 12.2 Å². The third kappa shape index (κ3) is 2.97. The number of hydrogen-bond acceptors (Lipinski definition) is 3. The number of thiophene rings is 1. The van der Waals surface area contributed by atoms with Gasteiger partial charge in [0.15, 0.2) is 0 Å². The first-order chi connectivity index (χ1) is 7.75. The fraction of sp³-hybridized carbons (Fsp3) is 0.385. The summed E-state index contributed by atoms with van der Waals surface area (Å²) >= 11 is 1.80. The number of rotatable bonds is 5. The molecule has 0 saturated carbocycles. The van der Waals surface area contributed by atoms with Crippen LogP contribution in [0.25, 0.3) is 0 Å². The molecular formula is C13H17NOS. The van der Waals surface area contributed by atoms with Crippen LogP contribution in [0, 0.1) is 0 Å². The lowest BCUT2D eigenvalue weighted by Gasteiger charge is -2.18. The second-order valence-electron chi connectivity index (χ2n) is 4.09.